The maximum atomic E-state index is 13.3. The number of carbonyl (C=O) groups is 1. The van der Waals surface area contributed by atoms with E-state index in [-0.39, 0.29) is 12.2 Å². The van der Waals surface area contributed by atoms with E-state index in [2.05, 4.69) is 20.9 Å². The molecule has 0 aliphatic carbocycles. The zero-order valence-corrected chi connectivity index (χ0v) is 19.0. The molecule has 0 radical (unpaired) electrons. The average molecular weight is 495 g/mol. The maximum Gasteiger partial charge on any atom is 0.338 e. The van der Waals surface area contributed by atoms with E-state index in [1.165, 1.54) is 22.7 Å². The van der Waals surface area contributed by atoms with Crippen molar-refractivity contribution in [2.75, 3.05) is 6.61 Å². The van der Waals surface area contributed by atoms with Crippen LogP contribution in [0.1, 0.15) is 29.6 Å². The van der Waals surface area contributed by atoms with Crippen LogP contribution >= 0.6 is 49.9 Å². The Kier molecular flexibility index (Phi) is 5.50. The number of carbonyl (C=O) groups excluding carboxylic acids is 1. The van der Waals surface area contributed by atoms with E-state index in [0.717, 1.165) is 13.5 Å². The van der Waals surface area contributed by atoms with Gasteiger partial charge in [0.1, 0.15) is 6.04 Å². The van der Waals surface area contributed by atoms with Crippen molar-refractivity contribution in [3.05, 3.63) is 74.1 Å². The average Bonchev–Trinajstić information content (AvgIpc) is 3.37. The molecule has 0 aromatic carbocycles. The molecule has 0 N–H and O–H groups in total. The molecule has 1 aliphatic rings. The van der Waals surface area contributed by atoms with Gasteiger partial charge in [0.15, 0.2) is 4.80 Å². The molecule has 0 bridgehead atoms. The largest absolute Gasteiger partial charge is 0.463 e. The van der Waals surface area contributed by atoms with Crippen molar-refractivity contribution < 1.29 is 9.53 Å². The number of fused-ring (bicyclic) bond motifs is 1. The molecular formula is C19H15BrN2O3S3. The van der Waals surface area contributed by atoms with Crippen LogP contribution in [0.3, 0.4) is 0 Å². The number of esters is 1. The van der Waals surface area contributed by atoms with Crippen LogP contribution in [0.15, 0.2) is 54.5 Å². The van der Waals surface area contributed by atoms with Gasteiger partial charge in [0.25, 0.3) is 5.56 Å². The number of hydrogen-bond donors (Lipinski definition) is 0. The smallest absolute Gasteiger partial charge is 0.338 e. The Morgan fingerprint density at radius 2 is 2.18 bits per heavy atom. The molecule has 0 fully saturated rings. The number of thiazole rings is 1. The highest BCUT2D eigenvalue weighted by atomic mass is 79.9. The predicted molar refractivity (Wildman–Crippen MR) is 117 cm³/mol. The second kappa shape index (κ2) is 7.90. The van der Waals surface area contributed by atoms with Crippen LogP contribution in [0.2, 0.25) is 0 Å². The molecule has 9 heteroatoms. The monoisotopic (exact) mass is 494 g/mol. The topological polar surface area (TPSA) is 60.7 Å². The van der Waals surface area contributed by atoms with Crippen LogP contribution in [-0.4, -0.2) is 17.1 Å². The molecule has 144 valence electrons. The van der Waals surface area contributed by atoms with Gasteiger partial charge in [-0.25, -0.2) is 9.79 Å². The summed E-state index contributed by atoms with van der Waals surface area (Å²) in [5.74, 6) is -0.432. The van der Waals surface area contributed by atoms with Gasteiger partial charge in [-0.3, -0.25) is 9.36 Å². The Hall–Kier alpha value is -1.81. The van der Waals surface area contributed by atoms with Crippen LogP contribution in [0.5, 0.6) is 0 Å². The van der Waals surface area contributed by atoms with E-state index in [0.29, 0.717) is 20.6 Å². The van der Waals surface area contributed by atoms with E-state index in [1.54, 1.807) is 29.8 Å². The lowest BCUT2D eigenvalue weighted by molar-refractivity contribution is -0.139. The summed E-state index contributed by atoms with van der Waals surface area (Å²) in [5, 5.41) is 1.94. The fourth-order valence-electron chi connectivity index (χ4n) is 3.04. The van der Waals surface area contributed by atoms with Crippen molar-refractivity contribution in [2.24, 2.45) is 4.99 Å². The lowest BCUT2D eigenvalue weighted by atomic mass is 10.0. The quantitative estimate of drug-likeness (QED) is 0.519. The fourth-order valence-corrected chi connectivity index (χ4v) is 6.35. The number of allylic oxidation sites excluding steroid dienone is 1. The third-order valence-electron chi connectivity index (χ3n) is 4.20. The molecule has 3 aromatic heterocycles. The number of halogens is 1. The summed E-state index contributed by atoms with van der Waals surface area (Å²) in [6.07, 6.45) is 1.87. The Balaban J connectivity index is 1.95. The van der Waals surface area contributed by atoms with Gasteiger partial charge in [0.05, 0.1) is 26.2 Å². The minimum Gasteiger partial charge on any atom is -0.463 e. The molecule has 3 aromatic rings. The minimum absolute atomic E-state index is 0.152. The van der Waals surface area contributed by atoms with Gasteiger partial charge < -0.3 is 4.74 Å². The lowest BCUT2D eigenvalue weighted by Crippen LogP contribution is -2.39. The van der Waals surface area contributed by atoms with Gasteiger partial charge in [-0.05, 0) is 59.4 Å². The van der Waals surface area contributed by atoms with Crippen molar-refractivity contribution in [2.45, 2.75) is 19.9 Å². The zero-order valence-electron chi connectivity index (χ0n) is 15.0. The molecule has 4 rings (SSSR count). The van der Waals surface area contributed by atoms with Gasteiger partial charge in [0.2, 0.25) is 0 Å². The molecular weight excluding hydrogens is 480 g/mol. The van der Waals surface area contributed by atoms with E-state index in [4.69, 9.17) is 4.74 Å². The molecule has 4 heterocycles. The summed E-state index contributed by atoms with van der Waals surface area (Å²) in [6, 6.07) is 7.23. The summed E-state index contributed by atoms with van der Waals surface area (Å²) in [4.78, 5) is 33.0. The normalized spacial score (nSPS) is 16.8. The van der Waals surface area contributed by atoms with E-state index < -0.39 is 12.0 Å². The minimum atomic E-state index is -0.521. The Morgan fingerprint density at radius 1 is 1.36 bits per heavy atom. The highest BCUT2D eigenvalue weighted by Gasteiger charge is 2.33. The van der Waals surface area contributed by atoms with Crippen LogP contribution in [0.25, 0.3) is 6.08 Å². The molecule has 0 saturated carbocycles. The van der Waals surface area contributed by atoms with Crippen LogP contribution < -0.4 is 14.9 Å². The van der Waals surface area contributed by atoms with Crippen molar-refractivity contribution in [3.8, 4) is 0 Å². The lowest BCUT2D eigenvalue weighted by Gasteiger charge is -2.23. The molecule has 0 amide bonds. The van der Waals surface area contributed by atoms with Crippen molar-refractivity contribution in [3.63, 3.8) is 0 Å². The number of aromatic nitrogens is 1. The summed E-state index contributed by atoms with van der Waals surface area (Å²) in [6.45, 7) is 3.83. The zero-order chi connectivity index (χ0) is 19.8. The van der Waals surface area contributed by atoms with Gasteiger partial charge in [-0.1, -0.05) is 17.4 Å². The molecule has 0 spiro atoms. The number of thiophene rings is 2. The third-order valence-corrected chi connectivity index (χ3v) is 7.68. The predicted octanol–water partition coefficient (Wildman–Crippen LogP) is 3.68. The van der Waals surface area contributed by atoms with Gasteiger partial charge in [-0.2, -0.15) is 0 Å². The maximum absolute atomic E-state index is 13.3. The van der Waals surface area contributed by atoms with Crippen molar-refractivity contribution >= 4 is 62.0 Å². The number of rotatable bonds is 4. The highest BCUT2D eigenvalue weighted by molar-refractivity contribution is 9.11. The summed E-state index contributed by atoms with van der Waals surface area (Å²) >= 11 is 7.84. The van der Waals surface area contributed by atoms with Crippen molar-refractivity contribution in [1.82, 2.24) is 4.57 Å². The first-order chi connectivity index (χ1) is 13.5. The Bertz CT molecular complexity index is 1250. The number of hydrogen-bond acceptors (Lipinski definition) is 7. The molecule has 1 atom stereocenters. The summed E-state index contributed by atoms with van der Waals surface area (Å²) in [5.41, 5.74) is 0.853. The Labute approximate surface area is 181 Å². The molecule has 0 saturated heterocycles. The first-order valence-corrected chi connectivity index (χ1v) is 11.8. The number of nitrogens with zero attached hydrogens (tertiary/aromatic N) is 2. The summed E-state index contributed by atoms with van der Waals surface area (Å²) in [7, 11) is 0. The molecule has 1 aliphatic heterocycles. The van der Waals surface area contributed by atoms with Crippen LogP contribution in [0, 0.1) is 0 Å². The van der Waals surface area contributed by atoms with Crippen LogP contribution in [0.4, 0.5) is 0 Å². The fraction of sp³-hybridized carbons (Fsp3) is 0.211. The standard InChI is InChI=1S/C19H15BrN2O3S3/c1-3-25-18(24)15-10(2)21-19-22(16(15)12-5-4-8-26-12)17(23)13(28-19)9-11-6-7-14(20)27-11/h4-9,16H,3H2,1-2H3/b13-9+/t16-/m1/s1. The third kappa shape index (κ3) is 3.47. The van der Waals surface area contributed by atoms with Gasteiger partial charge in [-0.15, -0.1) is 22.7 Å². The molecule has 5 nitrogen and oxygen atoms in total. The van der Waals surface area contributed by atoms with Gasteiger partial charge >= 0.3 is 5.97 Å². The van der Waals surface area contributed by atoms with E-state index >= 15 is 0 Å². The molecule has 0 unspecified atom stereocenters. The second-order valence-corrected chi connectivity index (χ2v) is 10.4. The highest BCUT2D eigenvalue weighted by Crippen LogP contribution is 2.33. The van der Waals surface area contributed by atoms with E-state index in [1.807, 2.05) is 35.7 Å². The summed E-state index contributed by atoms with van der Waals surface area (Å²) < 4.78 is 8.47. The second-order valence-electron chi connectivity index (χ2n) is 5.96. The van der Waals surface area contributed by atoms with Gasteiger partial charge in [0, 0.05) is 9.75 Å². The number of ether oxygens (including phenoxy) is 1. The van der Waals surface area contributed by atoms with Crippen molar-refractivity contribution in [1.29, 1.82) is 0 Å². The first-order valence-electron chi connectivity index (χ1n) is 8.48. The molecule has 28 heavy (non-hydrogen) atoms. The SMILES string of the molecule is CCOC(=O)C1=C(C)N=c2s/c(=C/c3ccc(Br)s3)c(=O)n2[C@@H]1c1cccs1. The Morgan fingerprint density at radius 3 is 2.82 bits per heavy atom. The first kappa shape index (κ1) is 19.5. The van der Waals surface area contributed by atoms with E-state index in [9.17, 15) is 9.59 Å². The van der Waals surface area contributed by atoms with Crippen LogP contribution in [-0.2, 0) is 9.53 Å².